The number of hydrogen-bond donors (Lipinski definition) is 2. The molecule has 0 spiro atoms. The fourth-order valence-corrected chi connectivity index (χ4v) is 1.94. The molecule has 2 rings (SSSR count). The first-order chi connectivity index (χ1) is 11.6. The third-order valence-electron chi connectivity index (χ3n) is 3.77. The molecule has 0 radical (unpaired) electrons. The van der Waals surface area contributed by atoms with E-state index >= 15 is 0 Å². The minimum Gasteiger partial charge on any atom is -0.396 e. The molecule has 1 aliphatic rings. The van der Waals surface area contributed by atoms with Gasteiger partial charge in [-0.15, -0.1) is 0 Å². The van der Waals surface area contributed by atoms with Gasteiger partial charge in [0.2, 0.25) is 0 Å². The SMILES string of the molecule is CCC(CO)COCn1ccc(=O)[nH]c1=O.CCC1COCOC1. The van der Waals surface area contributed by atoms with Gasteiger partial charge in [0.15, 0.2) is 0 Å². The number of ether oxygens (including phenoxy) is 3. The van der Waals surface area contributed by atoms with Crippen molar-refractivity contribution < 1.29 is 19.3 Å². The summed E-state index contributed by atoms with van der Waals surface area (Å²) in [5.41, 5.74) is -0.924. The van der Waals surface area contributed by atoms with E-state index in [2.05, 4.69) is 11.9 Å². The summed E-state index contributed by atoms with van der Waals surface area (Å²) < 4.78 is 16.6. The van der Waals surface area contributed by atoms with E-state index in [0.717, 1.165) is 19.6 Å². The monoisotopic (exact) mass is 344 g/mol. The van der Waals surface area contributed by atoms with Gasteiger partial charge in [-0.25, -0.2) is 4.79 Å². The Bertz CT molecular complexity index is 546. The molecule has 0 amide bonds. The van der Waals surface area contributed by atoms with Crippen molar-refractivity contribution in [1.29, 1.82) is 0 Å². The lowest BCUT2D eigenvalue weighted by Gasteiger charge is -2.20. The molecule has 1 atom stereocenters. The predicted molar refractivity (Wildman–Crippen MR) is 88.7 cm³/mol. The maximum atomic E-state index is 11.2. The first-order valence-electron chi connectivity index (χ1n) is 8.24. The number of aromatic nitrogens is 2. The zero-order chi connectivity index (χ0) is 17.8. The Morgan fingerprint density at radius 1 is 1.38 bits per heavy atom. The Morgan fingerprint density at radius 3 is 2.58 bits per heavy atom. The third kappa shape index (κ3) is 7.87. The van der Waals surface area contributed by atoms with Crippen molar-refractivity contribution >= 4 is 0 Å². The van der Waals surface area contributed by atoms with Crippen molar-refractivity contribution in [2.24, 2.45) is 11.8 Å². The van der Waals surface area contributed by atoms with Gasteiger partial charge in [-0.1, -0.05) is 13.8 Å². The van der Waals surface area contributed by atoms with E-state index in [1.54, 1.807) is 0 Å². The Hall–Kier alpha value is -1.48. The van der Waals surface area contributed by atoms with Crippen LogP contribution in [0.25, 0.3) is 0 Å². The van der Waals surface area contributed by atoms with E-state index in [1.807, 2.05) is 6.92 Å². The van der Waals surface area contributed by atoms with Crippen LogP contribution in [-0.2, 0) is 20.9 Å². The largest absolute Gasteiger partial charge is 0.396 e. The number of aliphatic hydroxyl groups is 1. The van der Waals surface area contributed by atoms with E-state index in [4.69, 9.17) is 19.3 Å². The molecular formula is C16H28N2O6. The van der Waals surface area contributed by atoms with Crippen molar-refractivity contribution in [2.45, 2.75) is 33.4 Å². The molecule has 1 aromatic rings. The highest BCUT2D eigenvalue weighted by atomic mass is 16.7. The lowest BCUT2D eigenvalue weighted by atomic mass is 10.1. The molecule has 0 bridgehead atoms. The molecule has 0 aliphatic carbocycles. The molecule has 2 heterocycles. The normalized spacial score (nSPS) is 16.3. The topological polar surface area (TPSA) is 103 Å². The maximum Gasteiger partial charge on any atom is 0.330 e. The third-order valence-corrected chi connectivity index (χ3v) is 3.77. The van der Waals surface area contributed by atoms with Gasteiger partial charge in [0, 0.05) is 30.7 Å². The van der Waals surface area contributed by atoms with Crippen LogP contribution in [0.5, 0.6) is 0 Å². The lowest BCUT2D eigenvalue weighted by Crippen LogP contribution is -2.29. The zero-order valence-electron chi connectivity index (χ0n) is 14.4. The fourth-order valence-electron chi connectivity index (χ4n) is 1.94. The number of H-pyrrole nitrogens is 1. The van der Waals surface area contributed by atoms with E-state index < -0.39 is 11.2 Å². The minimum absolute atomic E-state index is 0.0665. The minimum atomic E-state index is -0.496. The van der Waals surface area contributed by atoms with Gasteiger partial charge in [-0.2, -0.15) is 0 Å². The van der Waals surface area contributed by atoms with Crippen molar-refractivity contribution in [3.63, 3.8) is 0 Å². The number of nitrogens with one attached hydrogen (secondary N) is 1. The van der Waals surface area contributed by atoms with Gasteiger partial charge in [0.1, 0.15) is 13.5 Å². The molecule has 8 nitrogen and oxygen atoms in total. The van der Waals surface area contributed by atoms with Crippen molar-refractivity contribution in [3.05, 3.63) is 33.1 Å². The predicted octanol–water partition coefficient (Wildman–Crippen LogP) is 0.546. The van der Waals surface area contributed by atoms with Gasteiger partial charge in [0.25, 0.3) is 5.56 Å². The number of aromatic amines is 1. The standard InChI is InChI=1S/C10H16N2O4.C6H12O2/c1-2-8(5-13)6-16-7-12-4-3-9(14)11-10(12)15;1-2-6-3-7-5-8-4-6/h3-4,8,13H,2,5-7H2,1H3,(H,11,14,15);6H,2-5H2,1H3. The highest BCUT2D eigenvalue weighted by Gasteiger charge is 2.10. The summed E-state index contributed by atoms with van der Waals surface area (Å²) >= 11 is 0. The lowest BCUT2D eigenvalue weighted by molar-refractivity contribution is -0.126. The van der Waals surface area contributed by atoms with Gasteiger partial charge in [-0.05, 0) is 12.8 Å². The highest BCUT2D eigenvalue weighted by molar-refractivity contribution is 4.81. The first kappa shape index (κ1) is 20.6. The number of rotatable bonds is 7. The van der Waals surface area contributed by atoms with E-state index in [9.17, 15) is 9.59 Å². The van der Waals surface area contributed by atoms with Crippen LogP contribution in [0.1, 0.15) is 26.7 Å². The second kappa shape index (κ2) is 12.0. The Kier molecular flexibility index (Phi) is 10.3. The van der Waals surface area contributed by atoms with Crippen LogP contribution < -0.4 is 11.2 Å². The smallest absolute Gasteiger partial charge is 0.330 e. The Balaban J connectivity index is 0.000000300. The van der Waals surface area contributed by atoms with Gasteiger partial charge in [0.05, 0.1) is 19.8 Å². The maximum absolute atomic E-state index is 11.2. The first-order valence-corrected chi connectivity index (χ1v) is 8.24. The van der Waals surface area contributed by atoms with Gasteiger partial charge >= 0.3 is 5.69 Å². The quantitative estimate of drug-likeness (QED) is 0.749. The second-order valence-corrected chi connectivity index (χ2v) is 5.67. The molecule has 0 aromatic carbocycles. The van der Waals surface area contributed by atoms with Crippen LogP contribution >= 0.6 is 0 Å². The summed E-state index contributed by atoms with van der Waals surface area (Å²) in [7, 11) is 0. The molecule has 1 fully saturated rings. The number of hydrogen-bond acceptors (Lipinski definition) is 6. The van der Waals surface area contributed by atoms with E-state index in [-0.39, 0.29) is 19.3 Å². The van der Waals surface area contributed by atoms with Crippen LogP contribution in [0, 0.1) is 11.8 Å². The van der Waals surface area contributed by atoms with Crippen LogP contribution in [0.4, 0.5) is 0 Å². The molecule has 1 aromatic heterocycles. The zero-order valence-corrected chi connectivity index (χ0v) is 14.4. The van der Waals surface area contributed by atoms with Crippen molar-refractivity contribution in [2.75, 3.05) is 33.2 Å². The van der Waals surface area contributed by atoms with Crippen LogP contribution in [0.15, 0.2) is 21.9 Å². The number of nitrogens with zero attached hydrogens (tertiary/aromatic N) is 1. The second-order valence-electron chi connectivity index (χ2n) is 5.67. The van der Waals surface area contributed by atoms with Gasteiger partial charge < -0.3 is 19.3 Å². The molecule has 8 heteroatoms. The molecule has 24 heavy (non-hydrogen) atoms. The fraction of sp³-hybridized carbons (Fsp3) is 0.750. The summed E-state index contributed by atoms with van der Waals surface area (Å²) in [5, 5.41) is 8.92. The summed E-state index contributed by atoms with van der Waals surface area (Å²) in [4.78, 5) is 24.1. The van der Waals surface area contributed by atoms with Crippen molar-refractivity contribution in [3.8, 4) is 0 Å². The Labute approximate surface area is 141 Å². The average molecular weight is 344 g/mol. The highest BCUT2D eigenvalue weighted by Crippen LogP contribution is 2.07. The molecule has 1 unspecified atom stereocenters. The van der Waals surface area contributed by atoms with E-state index in [1.165, 1.54) is 23.3 Å². The average Bonchev–Trinajstić information content (AvgIpc) is 2.61. The number of aliphatic hydroxyl groups excluding tert-OH is 1. The van der Waals surface area contributed by atoms with Crippen LogP contribution in [0.3, 0.4) is 0 Å². The summed E-state index contributed by atoms with van der Waals surface area (Å²) in [6, 6.07) is 1.26. The van der Waals surface area contributed by atoms with Gasteiger partial charge in [-0.3, -0.25) is 14.3 Å². The molecule has 1 saturated heterocycles. The van der Waals surface area contributed by atoms with Crippen LogP contribution in [-0.4, -0.2) is 47.9 Å². The molecule has 138 valence electrons. The molecule has 1 aliphatic heterocycles. The summed E-state index contributed by atoms with van der Waals surface area (Å²) in [5.74, 6) is 0.724. The van der Waals surface area contributed by atoms with Crippen molar-refractivity contribution in [1.82, 2.24) is 9.55 Å². The molecule has 2 N–H and O–H groups in total. The Morgan fingerprint density at radius 2 is 2.08 bits per heavy atom. The molecule has 0 saturated carbocycles. The summed E-state index contributed by atoms with van der Waals surface area (Å²) in [6.07, 6.45) is 3.36. The summed E-state index contributed by atoms with van der Waals surface area (Å²) in [6.45, 7) is 6.91. The van der Waals surface area contributed by atoms with E-state index in [0.29, 0.717) is 19.3 Å². The molecular weight excluding hydrogens is 316 g/mol. The van der Waals surface area contributed by atoms with Crippen LogP contribution in [0.2, 0.25) is 0 Å².